The fourth-order valence-corrected chi connectivity index (χ4v) is 1.83. The molecule has 0 fully saturated rings. The Balaban J connectivity index is 1.97. The van der Waals surface area contributed by atoms with E-state index in [0.29, 0.717) is 17.6 Å². The van der Waals surface area contributed by atoms with Gasteiger partial charge in [-0.2, -0.15) is 15.1 Å². The quantitative estimate of drug-likeness (QED) is 0.337. The van der Waals surface area contributed by atoms with E-state index in [1.807, 2.05) is 0 Å². The standard InChI is InChI=1S/C12H22N8/c1-8(2)20(3)6-4-5-14-10-9-7-15-19-11(9)17-12(16-10)18-13/h7-8H,4-6,13H2,1-3H3,(H3,14,15,16,17,18,19). The van der Waals surface area contributed by atoms with Gasteiger partial charge in [0.2, 0.25) is 5.95 Å². The Hall–Kier alpha value is -1.93. The fraction of sp³-hybridized carbons (Fsp3) is 0.583. The number of hydrogen-bond donors (Lipinski definition) is 4. The van der Waals surface area contributed by atoms with Crippen LogP contribution in [0.4, 0.5) is 11.8 Å². The van der Waals surface area contributed by atoms with Crippen LogP contribution in [0.3, 0.4) is 0 Å². The largest absolute Gasteiger partial charge is 0.369 e. The van der Waals surface area contributed by atoms with Gasteiger partial charge >= 0.3 is 0 Å². The second-order valence-corrected chi connectivity index (χ2v) is 5.03. The van der Waals surface area contributed by atoms with Crippen molar-refractivity contribution in [1.29, 1.82) is 0 Å². The average Bonchev–Trinajstić information content (AvgIpc) is 2.91. The summed E-state index contributed by atoms with van der Waals surface area (Å²) in [7, 11) is 2.13. The molecule has 20 heavy (non-hydrogen) atoms. The van der Waals surface area contributed by atoms with Crippen LogP contribution in [-0.4, -0.2) is 51.2 Å². The molecule has 2 aromatic heterocycles. The molecule has 0 bridgehead atoms. The number of H-pyrrole nitrogens is 1. The molecule has 8 heteroatoms. The third-order valence-electron chi connectivity index (χ3n) is 3.30. The van der Waals surface area contributed by atoms with Gasteiger partial charge in [-0.3, -0.25) is 10.5 Å². The van der Waals surface area contributed by atoms with E-state index in [1.165, 1.54) is 0 Å². The molecule has 0 aliphatic heterocycles. The summed E-state index contributed by atoms with van der Waals surface area (Å²) in [5.74, 6) is 6.47. The van der Waals surface area contributed by atoms with Crippen LogP contribution in [0.15, 0.2) is 6.20 Å². The van der Waals surface area contributed by atoms with Crippen molar-refractivity contribution in [2.45, 2.75) is 26.3 Å². The number of nitrogens with zero attached hydrogens (tertiary/aromatic N) is 4. The zero-order chi connectivity index (χ0) is 14.5. The lowest BCUT2D eigenvalue weighted by atomic mass is 10.3. The summed E-state index contributed by atoms with van der Waals surface area (Å²) in [6, 6.07) is 0.558. The summed E-state index contributed by atoms with van der Waals surface area (Å²) in [5, 5.41) is 11.0. The number of nitrogens with two attached hydrogens (primary N) is 1. The predicted octanol–water partition coefficient (Wildman–Crippen LogP) is 0.781. The highest BCUT2D eigenvalue weighted by atomic mass is 15.3. The first-order chi connectivity index (χ1) is 9.61. The van der Waals surface area contributed by atoms with Crippen molar-refractivity contribution >= 4 is 22.8 Å². The lowest BCUT2D eigenvalue weighted by Gasteiger charge is -2.20. The molecule has 5 N–H and O–H groups in total. The molecule has 2 aromatic rings. The Morgan fingerprint density at radius 2 is 2.20 bits per heavy atom. The van der Waals surface area contributed by atoms with Crippen LogP contribution in [0.2, 0.25) is 0 Å². The molecule has 0 aliphatic rings. The van der Waals surface area contributed by atoms with Crippen LogP contribution in [0.25, 0.3) is 11.0 Å². The number of aromatic nitrogens is 4. The van der Waals surface area contributed by atoms with E-state index >= 15 is 0 Å². The van der Waals surface area contributed by atoms with Gasteiger partial charge in [-0.15, -0.1) is 0 Å². The molecule has 0 unspecified atom stereocenters. The van der Waals surface area contributed by atoms with E-state index in [2.05, 4.69) is 56.7 Å². The minimum absolute atomic E-state index is 0.364. The summed E-state index contributed by atoms with van der Waals surface area (Å²) in [4.78, 5) is 10.8. The van der Waals surface area contributed by atoms with E-state index in [1.54, 1.807) is 6.20 Å². The molecule has 0 aliphatic carbocycles. The van der Waals surface area contributed by atoms with Crippen LogP contribution in [-0.2, 0) is 0 Å². The summed E-state index contributed by atoms with van der Waals surface area (Å²) < 4.78 is 0. The number of nitrogens with one attached hydrogen (secondary N) is 3. The Bertz CT molecular complexity index is 549. The van der Waals surface area contributed by atoms with Crippen molar-refractivity contribution in [3.63, 3.8) is 0 Å². The first-order valence-corrected chi connectivity index (χ1v) is 6.73. The first kappa shape index (κ1) is 14.5. The number of anilines is 2. The number of hydrazine groups is 1. The lowest BCUT2D eigenvalue weighted by Crippen LogP contribution is -2.28. The van der Waals surface area contributed by atoms with Gasteiger partial charge in [-0.25, -0.2) is 5.84 Å². The van der Waals surface area contributed by atoms with Gasteiger partial charge in [-0.1, -0.05) is 0 Å². The number of fused-ring (bicyclic) bond motifs is 1. The molecule has 0 atom stereocenters. The zero-order valence-electron chi connectivity index (χ0n) is 12.1. The summed E-state index contributed by atoms with van der Waals surface area (Å²) in [6.45, 7) is 6.24. The molecule has 110 valence electrons. The Morgan fingerprint density at radius 3 is 2.90 bits per heavy atom. The molecule has 2 heterocycles. The minimum Gasteiger partial charge on any atom is -0.369 e. The third-order valence-corrected chi connectivity index (χ3v) is 3.30. The molecule has 0 radical (unpaired) electrons. The molecule has 0 saturated carbocycles. The number of rotatable bonds is 7. The minimum atomic E-state index is 0.364. The van der Waals surface area contributed by atoms with Gasteiger partial charge in [-0.05, 0) is 33.9 Å². The van der Waals surface area contributed by atoms with Gasteiger partial charge in [0.1, 0.15) is 5.82 Å². The molecule has 8 nitrogen and oxygen atoms in total. The number of aromatic amines is 1. The molecular formula is C12H22N8. The monoisotopic (exact) mass is 278 g/mol. The lowest BCUT2D eigenvalue weighted by molar-refractivity contribution is 0.273. The fourth-order valence-electron chi connectivity index (χ4n) is 1.83. The normalized spacial score (nSPS) is 11.5. The Kier molecular flexibility index (Phi) is 4.70. The molecule has 0 spiro atoms. The second kappa shape index (κ2) is 6.49. The summed E-state index contributed by atoms with van der Waals surface area (Å²) in [5.41, 5.74) is 3.12. The van der Waals surface area contributed by atoms with Crippen LogP contribution in [0.1, 0.15) is 20.3 Å². The highest BCUT2D eigenvalue weighted by Gasteiger charge is 2.08. The van der Waals surface area contributed by atoms with Crippen LogP contribution < -0.4 is 16.6 Å². The van der Waals surface area contributed by atoms with Crippen LogP contribution in [0, 0.1) is 0 Å². The molecule has 0 saturated heterocycles. The van der Waals surface area contributed by atoms with Crippen molar-refractivity contribution in [2.75, 3.05) is 30.9 Å². The highest BCUT2D eigenvalue weighted by Crippen LogP contribution is 2.19. The van der Waals surface area contributed by atoms with Gasteiger partial charge in [0.15, 0.2) is 5.65 Å². The maximum absolute atomic E-state index is 5.36. The predicted molar refractivity (Wildman–Crippen MR) is 80.4 cm³/mol. The topological polar surface area (TPSA) is 108 Å². The van der Waals surface area contributed by atoms with Gasteiger partial charge in [0, 0.05) is 12.6 Å². The maximum Gasteiger partial charge on any atom is 0.241 e. The smallest absolute Gasteiger partial charge is 0.241 e. The average molecular weight is 278 g/mol. The van der Waals surface area contributed by atoms with Crippen molar-refractivity contribution in [3.05, 3.63) is 6.20 Å². The van der Waals surface area contributed by atoms with Crippen molar-refractivity contribution in [3.8, 4) is 0 Å². The van der Waals surface area contributed by atoms with Crippen molar-refractivity contribution in [1.82, 2.24) is 25.1 Å². The van der Waals surface area contributed by atoms with Crippen molar-refractivity contribution < 1.29 is 0 Å². The molecule has 2 rings (SSSR count). The summed E-state index contributed by atoms with van der Waals surface area (Å²) >= 11 is 0. The van der Waals surface area contributed by atoms with Crippen LogP contribution in [0.5, 0.6) is 0 Å². The van der Waals surface area contributed by atoms with Gasteiger partial charge in [0.25, 0.3) is 0 Å². The molecule has 0 amide bonds. The third kappa shape index (κ3) is 3.34. The van der Waals surface area contributed by atoms with Gasteiger partial charge < -0.3 is 10.2 Å². The van der Waals surface area contributed by atoms with E-state index in [9.17, 15) is 0 Å². The second-order valence-electron chi connectivity index (χ2n) is 5.03. The Labute approximate surface area is 118 Å². The van der Waals surface area contributed by atoms with E-state index in [4.69, 9.17) is 5.84 Å². The molecule has 0 aromatic carbocycles. The molecular weight excluding hydrogens is 256 g/mol. The number of nitrogen functional groups attached to an aromatic ring is 1. The maximum atomic E-state index is 5.36. The van der Waals surface area contributed by atoms with E-state index in [-0.39, 0.29) is 0 Å². The number of hydrogen-bond acceptors (Lipinski definition) is 7. The summed E-state index contributed by atoms with van der Waals surface area (Å²) in [6.07, 6.45) is 2.74. The van der Waals surface area contributed by atoms with Crippen LogP contribution >= 0.6 is 0 Å². The van der Waals surface area contributed by atoms with Gasteiger partial charge in [0.05, 0.1) is 11.6 Å². The zero-order valence-corrected chi connectivity index (χ0v) is 12.1. The van der Waals surface area contributed by atoms with E-state index < -0.39 is 0 Å². The Morgan fingerprint density at radius 1 is 1.40 bits per heavy atom. The van der Waals surface area contributed by atoms with E-state index in [0.717, 1.165) is 30.7 Å². The highest BCUT2D eigenvalue weighted by molar-refractivity contribution is 5.86. The first-order valence-electron chi connectivity index (χ1n) is 6.73. The van der Waals surface area contributed by atoms with Crippen molar-refractivity contribution in [2.24, 2.45) is 5.84 Å². The SMILES string of the molecule is CC(C)N(C)CCCNc1nc(NN)nc2[nH]ncc12.